The van der Waals surface area contributed by atoms with Gasteiger partial charge in [-0.1, -0.05) is 24.3 Å². The molecule has 0 saturated heterocycles. The quantitative estimate of drug-likeness (QED) is 0.874. The molecule has 1 rings (SSSR count). The van der Waals surface area contributed by atoms with Crippen molar-refractivity contribution in [2.75, 3.05) is 6.61 Å². The Morgan fingerprint density at radius 1 is 1.10 bits per heavy atom. The summed E-state index contributed by atoms with van der Waals surface area (Å²) in [4.78, 5) is 14.9. The zero-order valence-electron chi connectivity index (χ0n) is 14.2. The van der Waals surface area contributed by atoms with Crippen molar-refractivity contribution in [1.82, 2.24) is 4.90 Å². The van der Waals surface area contributed by atoms with Gasteiger partial charge in [0, 0.05) is 18.7 Å². The Morgan fingerprint density at radius 2 is 1.57 bits per heavy atom. The predicted molar refractivity (Wildman–Crippen MR) is 87.4 cm³/mol. The maximum atomic E-state index is 12.9. The molecule has 1 aromatic rings. The van der Waals surface area contributed by atoms with Gasteiger partial charge in [0.1, 0.15) is 0 Å². The molecule has 0 atom stereocenters. The lowest BCUT2D eigenvalue weighted by molar-refractivity contribution is -0.140. The number of hydrogen-bond donors (Lipinski definition) is 1. The first-order chi connectivity index (χ1) is 9.71. The number of aliphatic hydroxyl groups is 1. The van der Waals surface area contributed by atoms with Crippen LogP contribution in [0.3, 0.4) is 0 Å². The monoisotopic (exact) mass is 291 g/mol. The van der Waals surface area contributed by atoms with Gasteiger partial charge in [-0.05, 0) is 59.1 Å². The molecule has 0 aliphatic rings. The fourth-order valence-electron chi connectivity index (χ4n) is 2.73. The molecule has 0 saturated carbocycles. The summed E-state index contributed by atoms with van der Waals surface area (Å²) in [6, 6.07) is 8.37. The number of hydrogen-bond acceptors (Lipinski definition) is 2. The zero-order valence-corrected chi connectivity index (χ0v) is 14.2. The smallest absolute Gasteiger partial charge is 0.233 e. The molecule has 0 aliphatic heterocycles. The van der Waals surface area contributed by atoms with E-state index in [2.05, 4.69) is 27.7 Å². The molecular weight excluding hydrogens is 262 g/mol. The summed E-state index contributed by atoms with van der Waals surface area (Å²) in [5.74, 6) is 0.155. The molecule has 21 heavy (non-hydrogen) atoms. The topological polar surface area (TPSA) is 40.5 Å². The van der Waals surface area contributed by atoms with Gasteiger partial charge in [0.2, 0.25) is 5.91 Å². The van der Waals surface area contributed by atoms with Gasteiger partial charge in [-0.3, -0.25) is 4.79 Å². The second-order valence-electron chi connectivity index (χ2n) is 6.70. The maximum Gasteiger partial charge on any atom is 0.233 e. The van der Waals surface area contributed by atoms with E-state index in [0.717, 1.165) is 11.1 Å². The lowest BCUT2D eigenvalue weighted by atomic mass is 9.82. The van der Waals surface area contributed by atoms with E-state index >= 15 is 0 Å². The van der Waals surface area contributed by atoms with E-state index in [1.165, 1.54) is 0 Å². The Bertz CT molecular complexity index is 453. The van der Waals surface area contributed by atoms with Crippen LogP contribution in [0.2, 0.25) is 0 Å². The third-order valence-electron chi connectivity index (χ3n) is 3.96. The summed E-state index contributed by atoms with van der Waals surface area (Å²) in [5, 5.41) is 8.97. The van der Waals surface area contributed by atoms with Crippen LogP contribution in [0.5, 0.6) is 0 Å². The largest absolute Gasteiger partial charge is 0.396 e. The van der Waals surface area contributed by atoms with Gasteiger partial charge in [0.25, 0.3) is 0 Å². The van der Waals surface area contributed by atoms with Crippen molar-refractivity contribution in [3.05, 3.63) is 35.4 Å². The maximum absolute atomic E-state index is 12.9. The fraction of sp³-hybridized carbons (Fsp3) is 0.611. The minimum atomic E-state index is -0.549. The first kappa shape index (κ1) is 17.7. The molecule has 0 aromatic heterocycles. The summed E-state index contributed by atoms with van der Waals surface area (Å²) < 4.78 is 0. The number of amides is 1. The van der Waals surface area contributed by atoms with Crippen LogP contribution in [0.15, 0.2) is 24.3 Å². The molecular formula is C18H29NO2. The van der Waals surface area contributed by atoms with Gasteiger partial charge in [0.05, 0.1) is 5.41 Å². The minimum Gasteiger partial charge on any atom is -0.396 e. The number of carbonyl (C=O) groups excluding carboxylic acids is 1. The van der Waals surface area contributed by atoms with Gasteiger partial charge < -0.3 is 10.0 Å². The molecule has 0 unspecified atom stereocenters. The first-order valence-electron chi connectivity index (χ1n) is 7.74. The normalized spacial score (nSPS) is 12.0. The van der Waals surface area contributed by atoms with Crippen LogP contribution in [0.1, 0.15) is 52.7 Å². The highest BCUT2D eigenvalue weighted by Gasteiger charge is 2.35. The van der Waals surface area contributed by atoms with Crippen LogP contribution in [0.4, 0.5) is 0 Å². The average molecular weight is 291 g/mol. The van der Waals surface area contributed by atoms with Crippen molar-refractivity contribution >= 4 is 5.91 Å². The molecule has 0 heterocycles. The lowest BCUT2D eigenvalue weighted by Crippen LogP contribution is -2.50. The second-order valence-corrected chi connectivity index (χ2v) is 6.70. The number of aliphatic hydroxyl groups excluding tert-OH is 1. The highest BCUT2D eigenvalue weighted by Crippen LogP contribution is 2.28. The molecule has 0 fully saturated rings. The Morgan fingerprint density at radius 3 is 1.95 bits per heavy atom. The van der Waals surface area contributed by atoms with E-state index in [1.807, 2.05) is 43.0 Å². The predicted octanol–water partition coefficient (Wildman–Crippen LogP) is 3.14. The van der Waals surface area contributed by atoms with Gasteiger partial charge in [-0.15, -0.1) is 0 Å². The second kappa shape index (κ2) is 7.08. The summed E-state index contributed by atoms with van der Waals surface area (Å²) in [7, 11) is 0. The molecule has 0 radical (unpaired) electrons. The molecule has 1 amide bonds. The van der Waals surface area contributed by atoms with E-state index in [0.29, 0.717) is 6.42 Å². The van der Waals surface area contributed by atoms with Crippen LogP contribution < -0.4 is 0 Å². The number of carbonyl (C=O) groups is 1. The van der Waals surface area contributed by atoms with E-state index in [-0.39, 0.29) is 24.6 Å². The van der Waals surface area contributed by atoms with Crippen LogP contribution in [-0.2, 0) is 16.6 Å². The molecule has 0 spiro atoms. The Hall–Kier alpha value is -1.35. The van der Waals surface area contributed by atoms with Crippen molar-refractivity contribution in [3.63, 3.8) is 0 Å². The summed E-state index contributed by atoms with van der Waals surface area (Å²) in [6.45, 7) is 12.3. The number of rotatable bonds is 6. The highest BCUT2D eigenvalue weighted by atomic mass is 16.3. The Labute approximate surface area is 129 Å². The van der Waals surface area contributed by atoms with E-state index in [9.17, 15) is 4.79 Å². The first-order valence-corrected chi connectivity index (χ1v) is 7.74. The van der Waals surface area contributed by atoms with Crippen molar-refractivity contribution in [1.29, 1.82) is 0 Å². The van der Waals surface area contributed by atoms with Gasteiger partial charge >= 0.3 is 0 Å². The van der Waals surface area contributed by atoms with E-state index in [4.69, 9.17) is 5.11 Å². The summed E-state index contributed by atoms with van der Waals surface area (Å²) >= 11 is 0. The summed E-state index contributed by atoms with van der Waals surface area (Å²) in [6.07, 6.45) is 0.652. The number of nitrogens with zero attached hydrogens (tertiary/aromatic N) is 1. The third kappa shape index (κ3) is 4.07. The minimum absolute atomic E-state index is 0.149. The molecule has 118 valence electrons. The fourth-order valence-corrected chi connectivity index (χ4v) is 2.73. The molecule has 1 N–H and O–H groups in total. The molecule has 0 aliphatic carbocycles. The molecule has 3 nitrogen and oxygen atoms in total. The zero-order chi connectivity index (χ0) is 16.2. The van der Waals surface area contributed by atoms with Crippen LogP contribution in [-0.4, -0.2) is 34.6 Å². The van der Waals surface area contributed by atoms with E-state index < -0.39 is 5.41 Å². The third-order valence-corrected chi connectivity index (χ3v) is 3.96. The standard InChI is InChI=1S/C18H29NO2/c1-13(2)19(14(3)4)17(21)18(5,6)16-9-7-15(8-10-16)11-12-20/h7-10,13-14,20H,11-12H2,1-6H3. The molecule has 1 aromatic carbocycles. The van der Waals surface area contributed by atoms with Crippen molar-refractivity contribution in [3.8, 4) is 0 Å². The number of benzene rings is 1. The van der Waals surface area contributed by atoms with Crippen molar-refractivity contribution < 1.29 is 9.90 Å². The van der Waals surface area contributed by atoms with Crippen molar-refractivity contribution in [2.45, 2.75) is 65.5 Å². The lowest BCUT2D eigenvalue weighted by Gasteiger charge is -2.37. The Balaban J connectivity index is 3.05. The molecule has 0 bridgehead atoms. The van der Waals surface area contributed by atoms with E-state index in [1.54, 1.807) is 0 Å². The molecule has 3 heteroatoms. The van der Waals surface area contributed by atoms with Gasteiger partial charge in [0.15, 0.2) is 0 Å². The Kier molecular flexibility index (Phi) is 5.97. The SMILES string of the molecule is CC(C)N(C(=O)C(C)(C)c1ccc(CCO)cc1)C(C)C. The van der Waals surface area contributed by atoms with Crippen LogP contribution in [0.25, 0.3) is 0 Å². The van der Waals surface area contributed by atoms with Crippen LogP contribution >= 0.6 is 0 Å². The average Bonchev–Trinajstić information content (AvgIpc) is 2.38. The van der Waals surface area contributed by atoms with Crippen LogP contribution in [0, 0.1) is 0 Å². The van der Waals surface area contributed by atoms with Crippen molar-refractivity contribution in [2.24, 2.45) is 0 Å². The van der Waals surface area contributed by atoms with Gasteiger partial charge in [-0.2, -0.15) is 0 Å². The highest BCUT2D eigenvalue weighted by molar-refractivity contribution is 5.87. The summed E-state index contributed by atoms with van der Waals surface area (Å²) in [5.41, 5.74) is 1.56. The van der Waals surface area contributed by atoms with Gasteiger partial charge in [-0.25, -0.2) is 0 Å².